The number of nitrogens with zero attached hydrogens (tertiary/aromatic N) is 5. The number of hydrogen-bond donors (Lipinski definition) is 2. The molecule has 1 amide bonds. The van der Waals surface area contributed by atoms with E-state index < -0.39 is 15.6 Å². The predicted molar refractivity (Wildman–Crippen MR) is 168 cm³/mol. The number of nitrogens with two attached hydrogens (primary N) is 1. The summed E-state index contributed by atoms with van der Waals surface area (Å²) in [5, 5.41) is 16.1. The lowest BCUT2D eigenvalue weighted by Crippen LogP contribution is -2.28. The van der Waals surface area contributed by atoms with Crippen LogP contribution in [0.4, 0.5) is 0 Å². The third kappa shape index (κ3) is 6.18. The number of H-pyrrole nitrogens is 1. The lowest BCUT2D eigenvalue weighted by Gasteiger charge is -2.22. The Morgan fingerprint density at radius 2 is 1.64 bits per heavy atom. The van der Waals surface area contributed by atoms with Gasteiger partial charge in [-0.15, -0.1) is 0 Å². The normalized spacial score (nSPS) is 14.9. The van der Waals surface area contributed by atoms with Crippen molar-refractivity contribution in [1.29, 1.82) is 0 Å². The molecule has 6 rings (SSSR count). The van der Waals surface area contributed by atoms with Crippen LogP contribution in [0.3, 0.4) is 0 Å². The number of benzene rings is 3. The molecule has 0 fully saturated rings. The maximum absolute atomic E-state index is 13.7. The van der Waals surface area contributed by atoms with Crippen LogP contribution in [0.1, 0.15) is 23.6 Å². The molecule has 3 N–H and O–H groups in total. The molecule has 13 nitrogen and oxygen atoms in total. The molecule has 2 aromatic heterocycles. The first kappa shape index (κ1) is 30.1. The Balaban J connectivity index is 1.26. The van der Waals surface area contributed by atoms with Gasteiger partial charge in [0.1, 0.15) is 16.9 Å². The van der Waals surface area contributed by atoms with Crippen LogP contribution in [-0.4, -0.2) is 64.8 Å². The van der Waals surface area contributed by atoms with Crippen LogP contribution in [-0.2, 0) is 14.8 Å². The zero-order valence-corrected chi connectivity index (χ0v) is 25.7. The summed E-state index contributed by atoms with van der Waals surface area (Å²) in [5.41, 5.74) is 2.81. The highest BCUT2D eigenvalue weighted by Gasteiger charge is 2.33. The van der Waals surface area contributed by atoms with Gasteiger partial charge in [-0.3, -0.25) is 9.59 Å². The fourth-order valence-corrected chi connectivity index (χ4v) is 6.14. The number of fused-ring (bicyclic) bond motifs is 1. The van der Waals surface area contributed by atoms with Gasteiger partial charge in [0.25, 0.3) is 11.5 Å². The molecule has 0 saturated heterocycles. The number of carbonyl (C=O) groups excluding carboxylic acids is 1. The molecule has 3 aromatic carbocycles. The Bertz CT molecular complexity index is 2080. The summed E-state index contributed by atoms with van der Waals surface area (Å²) in [7, 11) is -0.682. The predicted octanol–water partition coefficient (Wildman–Crippen LogP) is 3.24. The number of amides is 1. The number of hydrogen-bond acceptors (Lipinski definition) is 10. The quantitative estimate of drug-likeness (QED) is 0.180. The van der Waals surface area contributed by atoms with Crippen LogP contribution in [0.2, 0.25) is 0 Å². The molecule has 0 aliphatic carbocycles. The summed E-state index contributed by atoms with van der Waals surface area (Å²) in [5.74, 6) is 1.08. The molecule has 0 unspecified atom stereocenters. The van der Waals surface area contributed by atoms with E-state index in [1.165, 1.54) is 40.2 Å². The van der Waals surface area contributed by atoms with Crippen LogP contribution in [0, 0.1) is 0 Å². The highest BCUT2D eigenvalue weighted by Crippen LogP contribution is 2.34. The average molecular weight is 646 g/mol. The number of hydrazone groups is 1. The van der Waals surface area contributed by atoms with Gasteiger partial charge in [-0.25, -0.2) is 28.2 Å². The zero-order valence-electron chi connectivity index (χ0n) is 24.1. The van der Waals surface area contributed by atoms with E-state index in [-0.39, 0.29) is 38.8 Å². The summed E-state index contributed by atoms with van der Waals surface area (Å²) in [6.45, 7) is 0. The summed E-state index contributed by atoms with van der Waals surface area (Å²) in [4.78, 5) is 33.7. The van der Waals surface area contributed by atoms with Crippen molar-refractivity contribution >= 4 is 44.4 Å². The lowest BCUT2D eigenvalue weighted by molar-refractivity contribution is -0.130. The van der Waals surface area contributed by atoms with E-state index in [1.54, 1.807) is 14.2 Å². The van der Waals surface area contributed by atoms with Gasteiger partial charge >= 0.3 is 0 Å². The number of aromatic nitrogens is 4. The number of carbonyl (C=O) groups is 1. The molecular weight excluding hydrogens is 619 g/mol. The molecule has 1 atom stereocenters. The van der Waals surface area contributed by atoms with Gasteiger partial charge in [-0.05, 0) is 71.8 Å². The second-order valence-electron chi connectivity index (χ2n) is 10.00. The van der Waals surface area contributed by atoms with Gasteiger partial charge in [-0.1, -0.05) is 23.9 Å². The van der Waals surface area contributed by atoms with Gasteiger partial charge < -0.3 is 14.5 Å². The van der Waals surface area contributed by atoms with Crippen molar-refractivity contribution < 1.29 is 22.7 Å². The molecule has 230 valence electrons. The second kappa shape index (κ2) is 12.2. The zero-order chi connectivity index (χ0) is 31.7. The Hall–Kier alpha value is -4.99. The van der Waals surface area contributed by atoms with Gasteiger partial charge in [0.15, 0.2) is 10.8 Å². The van der Waals surface area contributed by atoms with Gasteiger partial charge in [-0.2, -0.15) is 10.2 Å². The highest BCUT2D eigenvalue weighted by molar-refractivity contribution is 7.99. The number of primary sulfonamides is 1. The van der Waals surface area contributed by atoms with Crippen LogP contribution in [0.15, 0.2) is 98.9 Å². The largest absolute Gasteiger partial charge is 0.497 e. The highest BCUT2D eigenvalue weighted by atomic mass is 32.2. The minimum Gasteiger partial charge on any atom is -0.497 e. The first-order valence-electron chi connectivity index (χ1n) is 13.6. The van der Waals surface area contributed by atoms with Crippen molar-refractivity contribution in [2.75, 3.05) is 20.0 Å². The molecule has 15 heteroatoms. The lowest BCUT2D eigenvalue weighted by atomic mass is 9.98. The van der Waals surface area contributed by atoms with E-state index in [1.807, 2.05) is 48.5 Å². The van der Waals surface area contributed by atoms with E-state index in [4.69, 9.17) is 19.7 Å². The second-order valence-corrected chi connectivity index (χ2v) is 12.5. The van der Waals surface area contributed by atoms with Crippen LogP contribution in [0.25, 0.3) is 16.7 Å². The summed E-state index contributed by atoms with van der Waals surface area (Å²) in [6.07, 6.45) is 1.87. The maximum atomic E-state index is 13.7. The van der Waals surface area contributed by atoms with Crippen molar-refractivity contribution in [2.45, 2.75) is 22.5 Å². The Morgan fingerprint density at radius 3 is 2.27 bits per heavy atom. The van der Waals surface area contributed by atoms with Crippen LogP contribution in [0.5, 0.6) is 11.5 Å². The first-order valence-corrected chi connectivity index (χ1v) is 16.1. The molecular formula is C30H27N7O6S2. The Kier molecular flexibility index (Phi) is 8.14. The van der Waals surface area contributed by atoms with Crippen molar-refractivity contribution in [3.05, 3.63) is 100 Å². The Labute approximate surface area is 261 Å². The van der Waals surface area contributed by atoms with Gasteiger partial charge in [0.05, 0.1) is 48.5 Å². The van der Waals surface area contributed by atoms with Crippen molar-refractivity contribution in [3.63, 3.8) is 0 Å². The minimum absolute atomic E-state index is 0.0578. The van der Waals surface area contributed by atoms with Crippen molar-refractivity contribution in [3.8, 4) is 17.2 Å². The standard InChI is InChI=1S/C30H27N7O6S2/c1-42-21-9-3-18(4-10-21)25-15-26(19-5-11-22(43-2)12-6-19)37(35-25)27(38)17-44-30-33-28-24(29(39)34-30)16-32-36(28)20-7-13-23(14-8-20)45(31,40)41/h3-14,16,26H,15,17H2,1-2H3,(H2,31,40,41)(H,33,34,39)/t26-/m0/s1. The van der Waals surface area contributed by atoms with Gasteiger partial charge in [0.2, 0.25) is 10.0 Å². The Morgan fingerprint density at radius 1 is 1.00 bits per heavy atom. The number of thioether (sulfide) groups is 1. The smallest absolute Gasteiger partial charge is 0.262 e. The van der Waals surface area contributed by atoms with Crippen LogP contribution < -0.4 is 20.2 Å². The van der Waals surface area contributed by atoms with Crippen molar-refractivity contribution in [1.82, 2.24) is 24.8 Å². The monoisotopic (exact) mass is 645 g/mol. The molecule has 5 aromatic rings. The first-order chi connectivity index (χ1) is 21.6. The number of aromatic amines is 1. The van der Waals surface area contributed by atoms with E-state index in [9.17, 15) is 18.0 Å². The van der Waals surface area contributed by atoms with Gasteiger partial charge in [0, 0.05) is 6.42 Å². The van der Waals surface area contributed by atoms with E-state index in [2.05, 4.69) is 15.1 Å². The third-order valence-electron chi connectivity index (χ3n) is 7.25. The molecule has 45 heavy (non-hydrogen) atoms. The number of ether oxygens (including phenoxy) is 2. The molecule has 1 aliphatic heterocycles. The molecule has 0 bridgehead atoms. The van der Waals surface area contributed by atoms with E-state index >= 15 is 0 Å². The summed E-state index contributed by atoms with van der Waals surface area (Å²) in [6, 6.07) is 20.4. The van der Waals surface area contributed by atoms with Crippen molar-refractivity contribution in [2.24, 2.45) is 10.2 Å². The molecule has 0 saturated carbocycles. The number of nitrogens with one attached hydrogen (secondary N) is 1. The third-order valence-corrected chi connectivity index (χ3v) is 9.04. The number of sulfonamides is 1. The van der Waals surface area contributed by atoms with E-state index in [0.717, 1.165) is 28.6 Å². The summed E-state index contributed by atoms with van der Waals surface area (Å²) < 4.78 is 35.3. The SMILES string of the molecule is COc1ccc(C2=NN(C(=O)CSc3nc4c(cnn4-c4ccc(S(N)(=O)=O)cc4)c(=O)[nH]3)[C@H](c3ccc(OC)cc3)C2)cc1. The molecule has 3 heterocycles. The summed E-state index contributed by atoms with van der Waals surface area (Å²) >= 11 is 1.06. The molecule has 1 aliphatic rings. The van der Waals surface area contributed by atoms with Crippen LogP contribution >= 0.6 is 11.8 Å². The number of rotatable bonds is 9. The fourth-order valence-electron chi connectivity index (χ4n) is 4.91. The molecule has 0 radical (unpaired) electrons. The number of methoxy groups -OCH3 is 2. The maximum Gasteiger partial charge on any atom is 0.262 e. The van der Waals surface area contributed by atoms with E-state index in [0.29, 0.717) is 23.6 Å². The minimum atomic E-state index is -3.87. The molecule has 0 spiro atoms. The average Bonchev–Trinajstić information content (AvgIpc) is 3.69. The fraction of sp³-hybridized carbons (Fsp3) is 0.167. The topological polar surface area (TPSA) is 175 Å².